The molecule has 0 aliphatic heterocycles. The molecule has 0 amide bonds. The van der Waals surface area contributed by atoms with Crippen molar-refractivity contribution in [3.05, 3.63) is 58.9 Å². The highest BCUT2D eigenvalue weighted by Crippen LogP contribution is 2.24. The first-order valence-corrected chi connectivity index (χ1v) is 5.95. The maximum absolute atomic E-state index is 13.6. The molecular weight excluding hydrogens is 251 g/mol. The summed E-state index contributed by atoms with van der Waals surface area (Å²) in [5, 5.41) is 0.529. The molecule has 0 bridgehead atoms. The Hall–Kier alpha value is -1.74. The molecule has 0 aliphatic rings. The van der Waals surface area contributed by atoms with Crippen molar-refractivity contribution >= 4 is 23.0 Å². The minimum absolute atomic E-state index is 0.263. The van der Waals surface area contributed by atoms with Gasteiger partial charge in [-0.1, -0.05) is 23.7 Å². The lowest BCUT2D eigenvalue weighted by atomic mass is 10.2. The third-order valence-electron chi connectivity index (χ3n) is 2.76. The third-order valence-corrected chi connectivity index (χ3v) is 3.00. The summed E-state index contributed by atoms with van der Waals surface area (Å²) in [5.74, 6) is -0.263. The van der Waals surface area contributed by atoms with Gasteiger partial charge in [0, 0.05) is 24.2 Å². The van der Waals surface area contributed by atoms with E-state index in [-0.39, 0.29) is 5.82 Å². The first-order valence-electron chi connectivity index (χ1n) is 5.57. The van der Waals surface area contributed by atoms with Gasteiger partial charge in [-0.25, -0.2) is 4.39 Å². The van der Waals surface area contributed by atoms with Crippen LogP contribution < -0.4 is 10.6 Å². The summed E-state index contributed by atoms with van der Waals surface area (Å²) in [5.41, 5.74) is 7.97. The van der Waals surface area contributed by atoms with Crippen molar-refractivity contribution in [1.29, 1.82) is 0 Å². The number of nitrogens with zero attached hydrogens (tertiary/aromatic N) is 1. The van der Waals surface area contributed by atoms with Gasteiger partial charge in [-0.3, -0.25) is 0 Å². The summed E-state index contributed by atoms with van der Waals surface area (Å²) in [7, 11) is 1.87. The van der Waals surface area contributed by atoms with E-state index in [1.165, 1.54) is 12.1 Å². The van der Waals surface area contributed by atoms with E-state index >= 15 is 0 Å². The predicted octanol–water partition coefficient (Wildman–Crippen LogP) is 3.70. The Bertz CT molecular complexity index is 557. The fraction of sp³-hybridized carbons (Fsp3) is 0.143. The summed E-state index contributed by atoms with van der Waals surface area (Å²) in [4.78, 5) is 1.89. The Morgan fingerprint density at radius 2 is 1.94 bits per heavy atom. The number of hydrogen-bond acceptors (Lipinski definition) is 2. The third kappa shape index (κ3) is 2.74. The largest absolute Gasteiger partial charge is 0.397 e. The van der Waals surface area contributed by atoms with Crippen LogP contribution in [0.3, 0.4) is 0 Å². The van der Waals surface area contributed by atoms with Gasteiger partial charge in [-0.05, 0) is 30.3 Å². The molecule has 2 aromatic rings. The van der Waals surface area contributed by atoms with E-state index in [1.54, 1.807) is 6.07 Å². The van der Waals surface area contributed by atoms with Crippen LogP contribution in [-0.4, -0.2) is 7.05 Å². The van der Waals surface area contributed by atoms with Crippen molar-refractivity contribution in [1.82, 2.24) is 0 Å². The van der Waals surface area contributed by atoms with Gasteiger partial charge in [-0.2, -0.15) is 0 Å². The van der Waals surface area contributed by atoms with Crippen LogP contribution in [-0.2, 0) is 6.54 Å². The Morgan fingerprint density at radius 1 is 1.22 bits per heavy atom. The summed E-state index contributed by atoms with van der Waals surface area (Å²) in [6.45, 7) is 0.417. The average Bonchev–Trinajstić information content (AvgIpc) is 2.34. The second-order valence-corrected chi connectivity index (χ2v) is 4.59. The molecule has 2 aromatic carbocycles. The molecular formula is C14H14ClFN2. The molecule has 0 spiro atoms. The number of nitrogen functional groups attached to an aromatic ring is 1. The van der Waals surface area contributed by atoms with Gasteiger partial charge in [0.2, 0.25) is 0 Å². The van der Waals surface area contributed by atoms with Gasteiger partial charge in [-0.15, -0.1) is 0 Å². The van der Waals surface area contributed by atoms with Crippen molar-refractivity contribution in [3.63, 3.8) is 0 Å². The monoisotopic (exact) mass is 264 g/mol. The first kappa shape index (κ1) is 12.7. The van der Waals surface area contributed by atoms with Crippen LogP contribution in [0.15, 0.2) is 42.5 Å². The highest BCUT2D eigenvalue weighted by atomic mass is 35.5. The zero-order chi connectivity index (χ0) is 13.1. The lowest BCUT2D eigenvalue weighted by Crippen LogP contribution is -2.18. The second-order valence-electron chi connectivity index (χ2n) is 4.15. The second kappa shape index (κ2) is 5.27. The van der Waals surface area contributed by atoms with Crippen LogP contribution in [0.4, 0.5) is 15.8 Å². The van der Waals surface area contributed by atoms with Gasteiger partial charge in [0.25, 0.3) is 0 Å². The number of rotatable bonds is 3. The molecule has 94 valence electrons. The Morgan fingerprint density at radius 3 is 2.67 bits per heavy atom. The van der Waals surface area contributed by atoms with E-state index in [0.29, 0.717) is 22.8 Å². The van der Waals surface area contributed by atoms with Crippen LogP contribution >= 0.6 is 11.6 Å². The van der Waals surface area contributed by atoms with Crippen molar-refractivity contribution in [3.8, 4) is 0 Å². The van der Waals surface area contributed by atoms with Gasteiger partial charge < -0.3 is 10.6 Å². The molecule has 0 atom stereocenters. The normalized spacial score (nSPS) is 10.4. The molecule has 2 N–H and O–H groups in total. The molecule has 0 aliphatic carbocycles. The number of hydrogen-bond donors (Lipinski definition) is 1. The fourth-order valence-corrected chi connectivity index (χ4v) is 2.04. The molecule has 2 nitrogen and oxygen atoms in total. The first-order chi connectivity index (χ1) is 8.58. The molecule has 0 fully saturated rings. The highest BCUT2D eigenvalue weighted by Gasteiger charge is 2.09. The number of nitrogens with two attached hydrogens (primary N) is 1. The number of benzene rings is 2. The Kier molecular flexibility index (Phi) is 3.72. The summed E-state index contributed by atoms with van der Waals surface area (Å²) < 4.78 is 13.6. The molecule has 2 rings (SSSR count). The van der Waals surface area contributed by atoms with Gasteiger partial charge in [0.15, 0.2) is 0 Å². The number of halogens is 2. The van der Waals surface area contributed by atoms with Crippen LogP contribution in [0.2, 0.25) is 5.02 Å². The lowest BCUT2D eigenvalue weighted by molar-refractivity contribution is 0.608. The van der Waals surface area contributed by atoms with E-state index in [0.717, 1.165) is 5.69 Å². The number of para-hydroxylation sites is 2. The van der Waals surface area contributed by atoms with Crippen molar-refractivity contribution in [2.24, 2.45) is 0 Å². The smallest absolute Gasteiger partial charge is 0.128 e. The quantitative estimate of drug-likeness (QED) is 0.857. The van der Waals surface area contributed by atoms with Crippen molar-refractivity contribution in [2.75, 3.05) is 17.7 Å². The minimum atomic E-state index is -0.263. The topological polar surface area (TPSA) is 29.3 Å². The Labute approximate surface area is 111 Å². The Balaban J connectivity index is 2.24. The molecule has 0 heterocycles. The van der Waals surface area contributed by atoms with Crippen LogP contribution in [0, 0.1) is 5.82 Å². The molecule has 0 radical (unpaired) electrons. The average molecular weight is 265 g/mol. The zero-order valence-electron chi connectivity index (χ0n) is 10.0. The molecule has 0 saturated carbocycles. The van der Waals surface area contributed by atoms with Gasteiger partial charge >= 0.3 is 0 Å². The highest BCUT2D eigenvalue weighted by molar-refractivity contribution is 6.30. The van der Waals surface area contributed by atoms with E-state index < -0.39 is 0 Å². The van der Waals surface area contributed by atoms with E-state index in [1.807, 2.05) is 36.2 Å². The van der Waals surface area contributed by atoms with Crippen molar-refractivity contribution < 1.29 is 4.39 Å². The van der Waals surface area contributed by atoms with E-state index in [2.05, 4.69) is 0 Å². The van der Waals surface area contributed by atoms with Gasteiger partial charge in [0.1, 0.15) is 5.82 Å². The lowest BCUT2D eigenvalue weighted by Gasteiger charge is -2.21. The number of anilines is 2. The SMILES string of the molecule is CN(Cc1cc(Cl)ccc1F)c1ccccc1N. The maximum Gasteiger partial charge on any atom is 0.128 e. The standard InChI is InChI=1S/C14H14ClFN2/c1-18(14-5-3-2-4-13(14)17)9-10-8-11(15)6-7-12(10)16/h2-8H,9,17H2,1H3. The van der Waals surface area contributed by atoms with E-state index in [4.69, 9.17) is 17.3 Å². The molecule has 0 aromatic heterocycles. The van der Waals surface area contributed by atoms with Gasteiger partial charge in [0.05, 0.1) is 11.4 Å². The summed E-state index contributed by atoms with van der Waals surface area (Å²) in [6.07, 6.45) is 0. The predicted molar refractivity (Wildman–Crippen MR) is 74.4 cm³/mol. The molecule has 0 saturated heterocycles. The molecule has 4 heteroatoms. The summed E-state index contributed by atoms with van der Waals surface area (Å²) >= 11 is 5.87. The van der Waals surface area contributed by atoms with Crippen LogP contribution in [0.25, 0.3) is 0 Å². The van der Waals surface area contributed by atoms with Crippen LogP contribution in [0.1, 0.15) is 5.56 Å². The molecule has 18 heavy (non-hydrogen) atoms. The summed E-state index contributed by atoms with van der Waals surface area (Å²) in [6, 6.07) is 12.0. The van der Waals surface area contributed by atoms with E-state index in [9.17, 15) is 4.39 Å². The zero-order valence-corrected chi connectivity index (χ0v) is 10.8. The minimum Gasteiger partial charge on any atom is -0.397 e. The van der Waals surface area contributed by atoms with Crippen LogP contribution in [0.5, 0.6) is 0 Å². The maximum atomic E-state index is 13.6. The fourth-order valence-electron chi connectivity index (χ4n) is 1.84. The molecule has 0 unspecified atom stereocenters. The van der Waals surface area contributed by atoms with Crippen molar-refractivity contribution in [2.45, 2.75) is 6.54 Å².